The van der Waals surface area contributed by atoms with Crippen LogP contribution >= 0.6 is 71.1 Å². The summed E-state index contributed by atoms with van der Waals surface area (Å²) >= 11 is 11.5. The van der Waals surface area contributed by atoms with Gasteiger partial charge in [0.05, 0.1) is 60.1 Å². The van der Waals surface area contributed by atoms with Gasteiger partial charge in [0, 0.05) is 156 Å². The first-order valence-corrected chi connectivity index (χ1v) is 32.0. The first-order valence-electron chi connectivity index (χ1n) is 27.0. The molecule has 0 fully saturated rings. The summed E-state index contributed by atoms with van der Waals surface area (Å²) in [4.78, 5) is 79.7. The number of amidine groups is 2. The normalized spacial score (nSPS) is 9.56. The molecule has 0 spiro atoms. The fourth-order valence-electron chi connectivity index (χ4n) is 6.57. The molecular formula is C60H65Cl2N13O17S4. The van der Waals surface area contributed by atoms with Crippen LogP contribution in [-0.2, 0) is 40.2 Å². The molecule has 7 rings (SSSR count). The second-order valence-corrected chi connectivity index (χ2v) is 22.8. The van der Waals surface area contributed by atoms with Crippen molar-refractivity contribution in [3.63, 3.8) is 0 Å². The number of ether oxygens (including phenoxy) is 1. The lowest BCUT2D eigenvalue weighted by atomic mass is 10.2. The van der Waals surface area contributed by atoms with Crippen LogP contribution < -0.4 is 11.5 Å². The number of benzene rings is 7. The standard InChI is InChI=1S/C11H14N2O3S.C10H13N3O2S.C10H10N2O2S.C8H9N3O2S.C7H6ClNO2.C7H7NO3.C7H5NO3.ClH/c1-16-11(12)5-6-17-8-9-3-2-4-10(7-9)13(14)15;11-10(12)4-5-16-7-8-2-1-3-9(6-8)13(14)15;11-5-2-6-15-8-9-3-1-4-10(7-9)12(13)14;9-8(10)14-5-6-2-1-3-7(4-6)11(12)13;8-5-6-2-1-3-7(4-6)9(10)11;2*9-5-6-2-1-3-7(4-6)8(10)11;/h2-4,7,12H,5-6,8H2,1H3;1-3,6H,4-5,7H2,(H3,11,12);1,3-4,7H,2,6,8H2;1-4H,5H2,(H3,9,10);1-4H,5H2;1-4,9H,5H2;1-5H;1H. The highest BCUT2D eigenvalue weighted by Gasteiger charge is 2.11. The number of halogens is 2. The molecule has 0 unspecified atom stereocenters. The molecule has 0 aliphatic carbocycles. The third kappa shape index (κ3) is 39.4. The van der Waals surface area contributed by atoms with E-state index < -0.39 is 34.5 Å². The highest BCUT2D eigenvalue weighted by Crippen LogP contribution is 2.23. The number of nitrogens with zero attached hydrogens (tertiary/aromatic N) is 8. The number of aliphatic hydroxyl groups is 1. The molecule has 510 valence electrons. The van der Waals surface area contributed by atoms with Crippen molar-refractivity contribution in [2.75, 3.05) is 24.4 Å². The van der Waals surface area contributed by atoms with Gasteiger partial charge in [0.2, 0.25) is 0 Å². The predicted molar refractivity (Wildman–Crippen MR) is 378 cm³/mol. The number of aldehydes is 1. The zero-order valence-corrected chi connectivity index (χ0v) is 55.7. The van der Waals surface area contributed by atoms with E-state index in [9.17, 15) is 75.6 Å². The molecule has 0 amide bonds. The number of rotatable bonds is 26. The van der Waals surface area contributed by atoms with Crippen molar-refractivity contribution in [1.82, 2.24) is 0 Å². The van der Waals surface area contributed by atoms with Crippen molar-refractivity contribution in [3.8, 4) is 6.07 Å². The molecule has 0 bridgehead atoms. The van der Waals surface area contributed by atoms with Gasteiger partial charge in [-0.15, -0.1) is 24.0 Å². The zero-order valence-electron chi connectivity index (χ0n) is 50.9. The predicted octanol–water partition coefficient (Wildman–Crippen LogP) is 14.7. The van der Waals surface area contributed by atoms with Gasteiger partial charge >= 0.3 is 0 Å². The van der Waals surface area contributed by atoms with Crippen LogP contribution in [0.2, 0.25) is 0 Å². The molecule has 0 aromatic heterocycles. The third-order valence-electron chi connectivity index (χ3n) is 11.1. The molecule has 0 aliphatic rings. The lowest BCUT2D eigenvalue weighted by Crippen LogP contribution is -2.09. The summed E-state index contributed by atoms with van der Waals surface area (Å²) in [7, 11) is 1.48. The van der Waals surface area contributed by atoms with Crippen LogP contribution in [0, 0.1) is 98.4 Å². The van der Waals surface area contributed by atoms with Crippen LogP contribution in [0.25, 0.3) is 0 Å². The molecule has 7 aromatic rings. The quantitative estimate of drug-likeness (QED) is 0.00558. The second kappa shape index (κ2) is 50.4. The summed E-state index contributed by atoms with van der Waals surface area (Å²) in [6, 6.07) is 45.9. The number of nitro benzene ring substituents is 7. The van der Waals surface area contributed by atoms with E-state index in [-0.39, 0.29) is 75.7 Å². The Bertz CT molecular complexity index is 3690. The highest BCUT2D eigenvalue weighted by molar-refractivity contribution is 8.13. The maximum atomic E-state index is 10.6. The van der Waals surface area contributed by atoms with Gasteiger partial charge in [0.1, 0.15) is 6.29 Å². The van der Waals surface area contributed by atoms with Crippen molar-refractivity contribution in [2.24, 2.45) is 11.5 Å². The Labute approximate surface area is 577 Å². The van der Waals surface area contributed by atoms with E-state index in [2.05, 4.69) is 6.07 Å². The SMILES string of the molecule is COC(=N)CCSCc1cccc([N+](=O)[O-])c1.Cl.N#CCCSCc1cccc([N+](=O)[O-])c1.N=C(N)CCSCc1cccc([N+](=O)[O-])c1.N=C(N)SCc1cccc([N+](=O)[O-])c1.O=Cc1cccc([N+](=O)[O-])c1.O=[N+]([O-])c1cccc(CCl)c1.O=[N+]([O-])c1cccc(CO)c1. The number of nitriles is 1. The number of carbonyl (C=O) groups is 1. The van der Waals surface area contributed by atoms with Gasteiger partial charge in [-0.1, -0.05) is 96.7 Å². The zero-order chi connectivity index (χ0) is 71.1. The number of hydrogen-bond donors (Lipinski definition) is 6. The number of non-ortho nitro benzene ring substituents is 7. The van der Waals surface area contributed by atoms with Crippen LogP contribution in [0.1, 0.15) is 63.0 Å². The molecule has 8 N–H and O–H groups in total. The van der Waals surface area contributed by atoms with Gasteiger partial charge in [-0.05, 0) is 33.4 Å². The molecule has 0 aliphatic heterocycles. The van der Waals surface area contributed by atoms with E-state index in [0.717, 1.165) is 56.8 Å². The molecule has 0 heterocycles. The van der Waals surface area contributed by atoms with Gasteiger partial charge < -0.3 is 21.3 Å². The van der Waals surface area contributed by atoms with E-state index in [0.29, 0.717) is 65.6 Å². The molecule has 7 aromatic carbocycles. The van der Waals surface area contributed by atoms with Gasteiger partial charge in [-0.25, -0.2) is 0 Å². The van der Waals surface area contributed by atoms with E-state index in [4.69, 9.17) is 54.4 Å². The fourth-order valence-corrected chi connectivity index (χ4v) is 9.85. The molecule has 0 saturated carbocycles. The lowest BCUT2D eigenvalue weighted by Gasteiger charge is -2.03. The number of methoxy groups -OCH3 is 1. The Hall–Kier alpha value is -10.2. The summed E-state index contributed by atoms with van der Waals surface area (Å²) < 4.78 is 4.73. The van der Waals surface area contributed by atoms with Gasteiger partial charge in [0.25, 0.3) is 39.8 Å². The summed E-state index contributed by atoms with van der Waals surface area (Å²) in [5, 5.41) is 111. The maximum absolute atomic E-state index is 10.6. The first kappa shape index (κ1) is 85.8. The van der Waals surface area contributed by atoms with Gasteiger partial charge in [-0.2, -0.15) is 40.5 Å². The van der Waals surface area contributed by atoms with Crippen molar-refractivity contribution < 1.29 is 49.1 Å². The van der Waals surface area contributed by atoms with Crippen LogP contribution in [-0.4, -0.2) is 87.1 Å². The fraction of sp³-hybridized carbons (Fsp3) is 0.217. The number of nitrogens with two attached hydrogens (primary N) is 2. The number of thioether (sulfide) groups is 4. The Kier molecular flexibility index (Phi) is 45.0. The lowest BCUT2D eigenvalue weighted by molar-refractivity contribution is -0.385. The van der Waals surface area contributed by atoms with Crippen LogP contribution in [0.15, 0.2) is 170 Å². The van der Waals surface area contributed by atoms with Crippen LogP contribution in [0.4, 0.5) is 39.8 Å². The van der Waals surface area contributed by atoms with E-state index >= 15 is 0 Å². The summed E-state index contributed by atoms with van der Waals surface area (Å²) in [6.07, 6.45) is 2.22. The highest BCUT2D eigenvalue weighted by atomic mass is 35.5. The average molecular weight is 1440 g/mol. The van der Waals surface area contributed by atoms with E-state index in [1.54, 1.807) is 108 Å². The first-order chi connectivity index (χ1) is 45.3. The van der Waals surface area contributed by atoms with Gasteiger partial charge in [-0.3, -0.25) is 91.8 Å². The number of nitrogens with one attached hydrogen (secondary N) is 3. The number of aliphatic hydroxyl groups excluding tert-OH is 1. The van der Waals surface area contributed by atoms with Crippen molar-refractivity contribution in [1.29, 1.82) is 21.5 Å². The molecule has 0 radical (unpaired) electrons. The molecule has 0 atom stereocenters. The number of hydrogen-bond acceptors (Lipinski definition) is 25. The summed E-state index contributed by atoms with van der Waals surface area (Å²) in [5.74, 6) is 5.64. The number of carbonyl (C=O) groups excluding carboxylic acids is 1. The van der Waals surface area contributed by atoms with Gasteiger partial charge in [0.15, 0.2) is 11.1 Å². The minimum absolute atomic E-state index is 0. The van der Waals surface area contributed by atoms with Crippen LogP contribution in [0.3, 0.4) is 0 Å². The minimum atomic E-state index is -0.535. The van der Waals surface area contributed by atoms with Crippen molar-refractivity contribution in [2.45, 2.75) is 54.8 Å². The second-order valence-electron chi connectivity index (χ2n) is 18.2. The molecular weight excluding hydrogens is 1370 g/mol. The summed E-state index contributed by atoms with van der Waals surface area (Å²) in [6.45, 7) is -0.165. The molecule has 36 heteroatoms. The largest absolute Gasteiger partial charge is 0.484 e. The third-order valence-corrected chi connectivity index (χ3v) is 15.3. The number of nitro groups is 7. The molecule has 30 nitrogen and oxygen atoms in total. The maximum Gasteiger partial charge on any atom is 0.270 e. The Balaban J connectivity index is 0.00000110. The minimum Gasteiger partial charge on any atom is -0.484 e. The number of alkyl halides is 1. The monoisotopic (exact) mass is 1440 g/mol. The van der Waals surface area contributed by atoms with Crippen molar-refractivity contribution >= 4 is 134 Å². The Morgan fingerprint density at radius 3 is 1.11 bits per heavy atom. The van der Waals surface area contributed by atoms with Crippen LogP contribution in [0.5, 0.6) is 0 Å². The average Bonchev–Trinajstić information content (AvgIpc) is 1.88. The topological polar surface area (TPSA) is 496 Å². The Morgan fingerprint density at radius 1 is 0.500 bits per heavy atom. The summed E-state index contributed by atoms with van der Waals surface area (Å²) in [5.41, 5.74) is 16.0. The van der Waals surface area contributed by atoms with E-state index in [1.807, 2.05) is 18.2 Å². The molecule has 0 saturated heterocycles. The van der Waals surface area contributed by atoms with E-state index in [1.165, 1.54) is 86.0 Å². The molecule has 96 heavy (non-hydrogen) atoms. The smallest absolute Gasteiger partial charge is 0.270 e. The van der Waals surface area contributed by atoms with Crippen molar-refractivity contribution in [3.05, 3.63) is 280 Å². The Morgan fingerprint density at radius 2 is 0.802 bits per heavy atom.